The van der Waals surface area contributed by atoms with Gasteiger partial charge in [-0.2, -0.15) is 0 Å². The lowest BCUT2D eigenvalue weighted by molar-refractivity contribution is -0.0449. The zero-order valence-electron chi connectivity index (χ0n) is 12.5. The number of hydrogen-bond donors (Lipinski definition) is 1. The third-order valence-electron chi connectivity index (χ3n) is 3.44. The zero-order valence-corrected chi connectivity index (χ0v) is 12.5. The molecule has 1 N–H and O–H groups in total. The largest absolute Gasteiger partial charge is 0.497 e. The number of carbonyl (C=O) groups is 1. The predicted octanol–water partition coefficient (Wildman–Crippen LogP) is 2.20. The highest BCUT2D eigenvalue weighted by Gasteiger charge is 2.24. The lowest BCUT2D eigenvalue weighted by atomic mass is 9.95. The van der Waals surface area contributed by atoms with Gasteiger partial charge in [0.05, 0.1) is 27.4 Å². The van der Waals surface area contributed by atoms with Gasteiger partial charge in [-0.1, -0.05) is 13.0 Å². The van der Waals surface area contributed by atoms with Crippen LogP contribution in [0.1, 0.15) is 30.3 Å². The molecule has 1 fully saturated rings. The molecule has 0 saturated carbocycles. The zero-order chi connectivity index (χ0) is 15.2. The van der Waals surface area contributed by atoms with Gasteiger partial charge in [0.1, 0.15) is 5.75 Å². The van der Waals surface area contributed by atoms with E-state index in [0.29, 0.717) is 19.8 Å². The summed E-state index contributed by atoms with van der Waals surface area (Å²) in [6.07, 6.45) is -0.819. The Labute approximate surface area is 124 Å². The Bertz CT molecular complexity index is 485. The molecule has 0 bridgehead atoms. The number of methoxy groups -OCH3 is 2. The molecule has 1 aliphatic heterocycles. The fourth-order valence-electron chi connectivity index (χ4n) is 2.29. The number of rotatable bonds is 5. The third-order valence-corrected chi connectivity index (χ3v) is 3.44. The minimum Gasteiger partial charge on any atom is -0.497 e. The summed E-state index contributed by atoms with van der Waals surface area (Å²) in [5.41, 5.74) is 1.99. The average Bonchev–Trinajstić information content (AvgIpc) is 3.05. The minimum absolute atomic E-state index is 0.0952. The molecule has 6 heteroatoms. The van der Waals surface area contributed by atoms with Gasteiger partial charge in [-0.05, 0) is 23.6 Å². The van der Waals surface area contributed by atoms with Crippen LogP contribution in [0, 0.1) is 0 Å². The maximum atomic E-state index is 11.2. The van der Waals surface area contributed by atoms with Crippen LogP contribution >= 0.6 is 0 Å². The first-order chi connectivity index (χ1) is 10.2. The van der Waals surface area contributed by atoms with Crippen molar-refractivity contribution in [3.63, 3.8) is 0 Å². The molecule has 1 amide bonds. The molecule has 0 aliphatic carbocycles. The second-order valence-corrected chi connectivity index (χ2v) is 4.84. The number of amides is 1. The van der Waals surface area contributed by atoms with Gasteiger partial charge in [-0.25, -0.2) is 4.79 Å². The van der Waals surface area contributed by atoms with Crippen LogP contribution in [0.4, 0.5) is 4.79 Å². The quantitative estimate of drug-likeness (QED) is 0.902. The van der Waals surface area contributed by atoms with Crippen LogP contribution in [0.15, 0.2) is 18.2 Å². The predicted molar refractivity (Wildman–Crippen MR) is 76.5 cm³/mol. The van der Waals surface area contributed by atoms with E-state index in [1.165, 1.54) is 7.11 Å². The highest BCUT2D eigenvalue weighted by atomic mass is 16.7. The third kappa shape index (κ3) is 3.86. The summed E-state index contributed by atoms with van der Waals surface area (Å²) in [6, 6.07) is 5.78. The Kier molecular flexibility index (Phi) is 5.41. The molecule has 2 rings (SSSR count). The minimum atomic E-state index is -0.440. The first-order valence-electron chi connectivity index (χ1n) is 6.88. The molecule has 1 heterocycles. The molecule has 21 heavy (non-hydrogen) atoms. The molecule has 0 radical (unpaired) electrons. The lowest BCUT2D eigenvalue weighted by Crippen LogP contribution is -2.27. The number of benzene rings is 1. The Morgan fingerprint density at radius 1 is 1.38 bits per heavy atom. The highest BCUT2D eigenvalue weighted by Crippen LogP contribution is 2.33. The molecular formula is C15H21NO5. The van der Waals surface area contributed by atoms with Crippen molar-refractivity contribution in [3.8, 4) is 5.75 Å². The van der Waals surface area contributed by atoms with Gasteiger partial charge in [0.15, 0.2) is 6.29 Å². The molecule has 1 atom stereocenters. The van der Waals surface area contributed by atoms with Crippen molar-refractivity contribution in [2.75, 3.05) is 34.0 Å². The number of ether oxygens (including phenoxy) is 4. The molecule has 1 saturated heterocycles. The summed E-state index contributed by atoms with van der Waals surface area (Å²) in [6.45, 7) is 3.65. The standard InChI is InChI=1S/C15H21NO5/c1-10(9-16-15(17)19-3)12-5-4-11(18-2)8-13(12)14-20-6-7-21-14/h4-5,8,10,14H,6-7,9H2,1-3H3,(H,16,17)/t10-/m1/s1. The van der Waals surface area contributed by atoms with Crippen molar-refractivity contribution >= 4 is 6.09 Å². The van der Waals surface area contributed by atoms with Gasteiger partial charge >= 0.3 is 6.09 Å². The molecule has 1 aromatic carbocycles. The lowest BCUT2D eigenvalue weighted by Gasteiger charge is -2.20. The molecule has 0 unspecified atom stereocenters. The Hall–Kier alpha value is -1.79. The van der Waals surface area contributed by atoms with Crippen LogP contribution in [0.25, 0.3) is 0 Å². The molecule has 116 valence electrons. The SMILES string of the molecule is COC(=O)NC[C@@H](C)c1ccc(OC)cc1C1OCCO1. The van der Waals surface area contributed by atoms with Crippen LogP contribution in [-0.2, 0) is 14.2 Å². The van der Waals surface area contributed by atoms with Gasteiger partial charge < -0.3 is 24.3 Å². The summed E-state index contributed by atoms with van der Waals surface area (Å²) in [4.78, 5) is 11.2. The van der Waals surface area contributed by atoms with E-state index >= 15 is 0 Å². The number of hydrogen-bond acceptors (Lipinski definition) is 5. The van der Waals surface area contributed by atoms with E-state index in [1.54, 1.807) is 7.11 Å². The van der Waals surface area contributed by atoms with Gasteiger partial charge in [0, 0.05) is 12.1 Å². The van der Waals surface area contributed by atoms with Crippen LogP contribution in [-0.4, -0.2) is 40.1 Å². The van der Waals surface area contributed by atoms with Gasteiger partial charge in [0.2, 0.25) is 0 Å². The molecule has 6 nitrogen and oxygen atoms in total. The first kappa shape index (κ1) is 15.6. The van der Waals surface area contributed by atoms with E-state index in [1.807, 2.05) is 25.1 Å². The Balaban J connectivity index is 2.18. The maximum Gasteiger partial charge on any atom is 0.406 e. The van der Waals surface area contributed by atoms with E-state index in [0.717, 1.165) is 16.9 Å². The van der Waals surface area contributed by atoms with Crippen LogP contribution in [0.3, 0.4) is 0 Å². The highest BCUT2D eigenvalue weighted by molar-refractivity contribution is 5.66. The number of nitrogens with one attached hydrogen (secondary N) is 1. The van der Waals surface area contributed by atoms with E-state index in [9.17, 15) is 4.79 Å². The summed E-state index contributed by atoms with van der Waals surface area (Å²) >= 11 is 0. The van der Waals surface area contributed by atoms with Gasteiger partial charge in [0.25, 0.3) is 0 Å². The second-order valence-electron chi connectivity index (χ2n) is 4.84. The molecular weight excluding hydrogens is 274 g/mol. The van der Waals surface area contributed by atoms with Gasteiger partial charge in [-0.15, -0.1) is 0 Å². The monoisotopic (exact) mass is 295 g/mol. The van der Waals surface area contributed by atoms with Crippen molar-refractivity contribution in [2.45, 2.75) is 19.1 Å². The van der Waals surface area contributed by atoms with Crippen LogP contribution in [0.2, 0.25) is 0 Å². The normalized spacial score (nSPS) is 16.5. The van der Waals surface area contributed by atoms with E-state index < -0.39 is 6.09 Å². The van der Waals surface area contributed by atoms with Crippen molar-refractivity contribution in [1.82, 2.24) is 5.32 Å². The van der Waals surface area contributed by atoms with Crippen LogP contribution < -0.4 is 10.1 Å². The number of alkyl carbamates (subject to hydrolysis) is 1. The number of carbonyl (C=O) groups excluding carboxylic acids is 1. The molecule has 1 aliphatic rings. The molecule has 0 spiro atoms. The summed E-state index contributed by atoms with van der Waals surface area (Å²) < 4.78 is 21.0. The van der Waals surface area contributed by atoms with Crippen molar-refractivity contribution in [2.24, 2.45) is 0 Å². The van der Waals surface area contributed by atoms with E-state index in [4.69, 9.17) is 14.2 Å². The first-order valence-corrected chi connectivity index (χ1v) is 6.88. The fraction of sp³-hybridized carbons (Fsp3) is 0.533. The van der Waals surface area contributed by atoms with Crippen molar-refractivity contribution in [1.29, 1.82) is 0 Å². The molecule has 0 aromatic heterocycles. The second kappa shape index (κ2) is 7.28. The van der Waals surface area contributed by atoms with Crippen molar-refractivity contribution in [3.05, 3.63) is 29.3 Å². The van der Waals surface area contributed by atoms with Crippen LogP contribution in [0.5, 0.6) is 5.75 Å². The summed E-state index contributed by atoms with van der Waals surface area (Å²) in [5, 5.41) is 2.70. The molecule has 1 aromatic rings. The van der Waals surface area contributed by atoms with Crippen molar-refractivity contribution < 1.29 is 23.7 Å². The van der Waals surface area contributed by atoms with E-state index in [-0.39, 0.29) is 12.2 Å². The van der Waals surface area contributed by atoms with Gasteiger partial charge in [-0.3, -0.25) is 0 Å². The summed E-state index contributed by atoms with van der Waals surface area (Å²) in [7, 11) is 2.97. The Morgan fingerprint density at radius 2 is 2.10 bits per heavy atom. The average molecular weight is 295 g/mol. The van der Waals surface area contributed by atoms with E-state index in [2.05, 4.69) is 10.1 Å². The fourth-order valence-corrected chi connectivity index (χ4v) is 2.29. The Morgan fingerprint density at radius 3 is 2.71 bits per heavy atom. The summed E-state index contributed by atoms with van der Waals surface area (Å²) in [5.74, 6) is 0.846. The maximum absolute atomic E-state index is 11.2. The smallest absolute Gasteiger partial charge is 0.406 e. The topological polar surface area (TPSA) is 66.0 Å².